The van der Waals surface area contributed by atoms with Gasteiger partial charge < -0.3 is 9.84 Å². The van der Waals surface area contributed by atoms with E-state index in [1.54, 1.807) is 12.1 Å². The zero-order valence-corrected chi connectivity index (χ0v) is 9.02. The lowest BCUT2D eigenvalue weighted by atomic mass is 10.0. The molecule has 0 heterocycles. The summed E-state index contributed by atoms with van der Waals surface area (Å²) in [4.78, 5) is 10.4. The smallest absolute Gasteiger partial charge is 0.328 e. The van der Waals surface area contributed by atoms with E-state index in [-0.39, 0.29) is 0 Å². The molecular formula is C12H11NO3. The molecule has 0 aromatic heterocycles. The number of carbonyl (C=O) groups is 1. The topological polar surface area (TPSA) is 70.3 Å². The molecule has 0 aliphatic carbocycles. The number of aryl methyl sites for hydroxylation is 1. The number of rotatable bonds is 3. The SMILES string of the molecule is COc1cc(C)c(/C=C/C(=O)O)cc1C#N. The summed E-state index contributed by atoms with van der Waals surface area (Å²) in [7, 11) is 1.49. The number of aliphatic carboxylic acids is 1. The summed E-state index contributed by atoms with van der Waals surface area (Å²) in [5.41, 5.74) is 1.94. The number of benzene rings is 1. The fourth-order valence-corrected chi connectivity index (χ4v) is 1.30. The molecule has 16 heavy (non-hydrogen) atoms. The maximum atomic E-state index is 10.4. The van der Waals surface area contributed by atoms with Gasteiger partial charge in [0.2, 0.25) is 0 Å². The number of carboxylic acid groups (broad SMARTS) is 1. The van der Waals surface area contributed by atoms with Crippen LogP contribution in [0.15, 0.2) is 18.2 Å². The van der Waals surface area contributed by atoms with Crippen molar-refractivity contribution in [3.63, 3.8) is 0 Å². The van der Waals surface area contributed by atoms with Crippen LogP contribution in [-0.2, 0) is 4.79 Å². The maximum Gasteiger partial charge on any atom is 0.328 e. The lowest BCUT2D eigenvalue weighted by Gasteiger charge is -2.06. The van der Waals surface area contributed by atoms with E-state index >= 15 is 0 Å². The number of ether oxygens (including phenoxy) is 1. The molecular weight excluding hydrogens is 206 g/mol. The third-order valence-electron chi connectivity index (χ3n) is 2.11. The average Bonchev–Trinajstić information content (AvgIpc) is 2.26. The minimum Gasteiger partial charge on any atom is -0.495 e. The molecule has 0 aliphatic heterocycles. The van der Waals surface area contributed by atoms with Crippen LogP contribution in [0.3, 0.4) is 0 Å². The zero-order valence-electron chi connectivity index (χ0n) is 9.02. The van der Waals surface area contributed by atoms with Crippen LogP contribution in [0.2, 0.25) is 0 Å². The van der Waals surface area contributed by atoms with Crippen molar-refractivity contribution in [1.82, 2.24) is 0 Å². The minimum absolute atomic E-state index is 0.387. The van der Waals surface area contributed by atoms with Gasteiger partial charge >= 0.3 is 5.97 Å². The Morgan fingerprint density at radius 3 is 2.75 bits per heavy atom. The van der Waals surface area contributed by atoms with E-state index in [1.807, 2.05) is 13.0 Å². The van der Waals surface area contributed by atoms with E-state index in [9.17, 15) is 4.79 Å². The van der Waals surface area contributed by atoms with Crippen molar-refractivity contribution in [2.24, 2.45) is 0 Å². The fourth-order valence-electron chi connectivity index (χ4n) is 1.30. The molecule has 0 bridgehead atoms. The molecule has 1 aromatic carbocycles. The molecule has 4 heteroatoms. The second kappa shape index (κ2) is 4.99. The first-order valence-corrected chi connectivity index (χ1v) is 4.58. The average molecular weight is 217 g/mol. The first kappa shape index (κ1) is 11.8. The molecule has 0 aliphatic rings. The molecule has 0 amide bonds. The molecule has 0 fully saturated rings. The Morgan fingerprint density at radius 1 is 1.56 bits per heavy atom. The van der Waals surface area contributed by atoms with Crippen LogP contribution in [0.25, 0.3) is 6.08 Å². The molecule has 4 nitrogen and oxygen atoms in total. The highest BCUT2D eigenvalue weighted by atomic mass is 16.5. The molecule has 0 spiro atoms. The predicted octanol–water partition coefficient (Wildman–Crippen LogP) is 1.97. The summed E-state index contributed by atoms with van der Waals surface area (Å²) in [6.45, 7) is 1.82. The molecule has 0 saturated carbocycles. The van der Waals surface area contributed by atoms with Gasteiger partial charge in [-0.2, -0.15) is 5.26 Å². The van der Waals surface area contributed by atoms with Gasteiger partial charge in [0.25, 0.3) is 0 Å². The first-order chi connectivity index (χ1) is 7.58. The number of hydrogen-bond donors (Lipinski definition) is 1. The highest BCUT2D eigenvalue weighted by Gasteiger charge is 2.05. The summed E-state index contributed by atoms with van der Waals surface area (Å²) in [5.74, 6) is -0.527. The van der Waals surface area contributed by atoms with Crippen LogP contribution >= 0.6 is 0 Å². The van der Waals surface area contributed by atoms with E-state index in [0.717, 1.165) is 11.6 Å². The fraction of sp³-hybridized carbons (Fsp3) is 0.167. The van der Waals surface area contributed by atoms with Crippen molar-refractivity contribution in [1.29, 1.82) is 5.26 Å². The summed E-state index contributed by atoms with van der Waals surface area (Å²) < 4.78 is 5.03. The van der Waals surface area contributed by atoms with Crippen LogP contribution in [0.5, 0.6) is 5.75 Å². The third-order valence-corrected chi connectivity index (χ3v) is 2.11. The normalized spacial score (nSPS) is 10.1. The van der Waals surface area contributed by atoms with Crippen molar-refractivity contribution < 1.29 is 14.6 Å². The molecule has 1 N–H and O–H groups in total. The molecule has 0 saturated heterocycles. The second-order valence-electron chi connectivity index (χ2n) is 3.19. The maximum absolute atomic E-state index is 10.4. The van der Waals surface area contributed by atoms with Gasteiger partial charge in [-0.3, -0.25) is 0 Å². The van der Waals surface area contributed by atoms with Gasteiger partial charge in [0.15, 0.2) is 0 Å². The van der Waals surface area contributed by atoms with E-state index in [2.05, 4.69) is 0 Å². The Labute approximate surface area is 93.4 Å². The summed E-state index contributed by atoms with van der Waals surface area (Å²) in [6.07, 6.45) is 2.49. The van der Waals surface area contributed by atoms with Crippen molar-refractivity contribution in [3.05, 3.63) is 34.9 Å². The molecule has 1 rings (SSSR count). The van der Waals surface area contributed by atoms with Crippen LogP contribution < -0.4 is 4.74 Å². The lowest BCUT2D eigenvalue weighted by molar-refractivity contribution is -0.131. The Morgan fingerprint density at radius 2 is 2.25 bits per heavy atom. The summed E-state index contributed by atoms with van der Waals surface area (Å²) in [6, 6.07) is 5.31. The number of nitriles is 1. The minimum atomic E-state index is -1.02. The molecule has 0 unspecified atom stereocenters. The van der Waals surface area contributed by atoms with Gasteiger partial charge in [-0.25, -0.2) is 4.79 Å². The Bertz CT molecular complexity index is 484. The number of nitrogens with zero attached hydrogens (tertiary/aromatic N) is 1. The van der Waals surface area contributed by atoms with E-state index < -0.39 is 5.97 Å². The van der Waals surface area contributed by atoms with Crippen molar-refractivity contribution in [3.8, 4) is 11.8 Å². The van der Waals surface area contributed by atoms with Crippen molar-refractivity contribution in [2.75, 3.05) is 7.11 Å². The number of methoxy groups -OCH3 is 1. The van der Waals surface area contributed by atoms with Crippen LogP contribution in [-0.4, -0.2) is 18.2 Å². The van der Waals surface area contributed by atoms with Gasteiger partial charge in [-0.05, 0) is 36.3 Å². The molecule has 0 atom stereocenters. The Balaban J connectivity index is 3.22. The quantitative estimate of drug-likeness (QED) is 0.786. The summed E-state index contributed by atoms with van der Waals surface area (Å²) in [5, 5.41) is 17.4. The lowest BCUT2D eigenvalue weighted by Crippen LogP contribution is -1.92. The first-order valence-electron chi connectivity index (χ1n) is 4.58. The van der Waals surface area contributed by atoms with Gasteiger partial charge in [0, 0.05) is 6.08 Å². The molecule has 1 aromatic rings. The molecule has 82 valence electrons. The highest BCUT2D eigenvalue weighted by Crippen LogP contribution is 2.23. The van der Waals surface area contributed by atoms with Crippen molar-refractivity contribution in [2.45, 2.75) is 6.92 Å². The predicted molar refractivity (Wildman–Crippen MR) is 59.1 cm³/mol. The third kappa shape index (κ3) is 2.61. The van der Waals surface area contributed by atoms with Gasteiger partial charge in [-0.15, -0.1) is 0 Å². The van der Waals surface area contributed by atoms with Crippen molar-refractivity contribution >= 4 is 12.0 Å². The van der Waals surface area contributed by atoms with Crippen LogP contribution in [0.4, 0.5) is 0 Å². The van der Waals surface area contributed by atoms with Crippen LogP contribution in [0.1, 0.15) is 16.7 Å². The number of carboxylic acids is 1. The van der Waals surface area contributed by atoms with E-state index in [1.165, 1.54) is 13.2 Å². The zero-order chi connectivity index (χ0) is 12.1. The van der Waals surface area contributed by atoms with Gasteiger partial charge in [-0.1, -0.05) is 0 Å². The van der Waals surface area contributed by atoms with Gasteiger partial charge in [0.05, 0.1) is 12.7 Å². The largest absolute Gasteiger partial charge is 0.495 e. The highest BCUT2D eigenvalue weighted by molar-refractivity contribution is 5.85. The van der Waals surface area contributed by atoms with E-state index in [4.69, 9.17) is 15.1 Å². The molecule has 0 radical (unpaired) electrons. The number of hydrogen-bond acceptors (Lipinski definition) is 3. The second-order valence-corrected chi connectivity index (χ2v) is 3.19. The van der Waals surface area contributed by atoms with E-state index in [0.29, 0.717) is 16.9 Å². The Hall–Kier alpha value is -2.28. The standard InChI is InChI=1S/C12H11NO3/c1-8-5-11(16-2)10(7-13)6-9(8)3-4-12(14)15/h3-6H,1-2H3,(H,14,15)/b4-3+. The summed E-state index contributed by atoms with van der Waals surface area (Å²) >= 11 is 0. The Kier molecular flexibility index (Phi) is 3.67. The van der Waals surface area contributed by atoms with Gasteiger partial charge in [0.1, 0.15) is 11.8 Å². The van der Waals surface area contributed by atoms with Crippen LogP contribution in [0, 0.1) is 18.3 Å². The monoisotopic (exact) mass is 217 g/mol.